The molecule has 0 unspecified atom stereocenters. The van der Waals surface area contributed by atoms with Crippen LogP contribution < -0.4 is 11.1 Å². The van der Waals surface area contributed by atoms with Gasteiger partial charge in [-0.25, -0.2) is 9.78 Å². The third kappa shape index (κ3) is 5.25. The van der Waals surface area contributed by atoms with Gasteiger partial charge in [0.2, 0.25) is 0 Å². The molecule has 1 heterocycles. The summed E-state index contributed by atoms with van der Waals surface area (Å²) in [5.41, 5.74) is 7.23. The molecule has 2 rings (SSSR count). The zero-order chi connectivity index (χ0) is 14.9. The number of ether oxygens (including phenoxy) is 1. The largest absolute Gasteiger partial charge is 0.445 e. The second kappa shape index (κ2) is 7.56. The van der Waals surface area contributed by atoms with Gasteiger partial charge in [-0.2, -0.15) is 0 Å². The summed E-state index contributed by atoms with van der Waals surface area (Å²) in [5, 5.41) is 2.56. The Bertz CT molecular complexity index is 660. The summed E-state index contributed by atoms with van der Waals surface area (Å²) in [6.07, 6.45) is 1.09. The third-order valence-electron chi connectivity index (χ3n) is 2.55. The minimum absolute atomic E-state index is 0.204. The molecular formula is C16H15N3O2. The van der Waals surface area contributed by atoms with Crippen LogP contribution in [-0.4, -0.2) is 17.6 Å². The first-order valence-corrected chi connectivity index (χ1v) is 6.39. The molecule has 21 heavy (non-hydrogen) atoms. The number of nitrogens with one attached hydrogen (secondary N) is 1. The fourth-order valence-corrected chi connectivity index (χ4v) is 1.56. The van der Waals surface area contributed by atoms with Gasteiger partial charge in [0.1, 0.15) is 12.4 Å². The number of benzene rings is 1. The number of rotatable bonds is 3. The van der Waals surface area contributed by atoms with E-state index in [2.05, 4.69) is 22.1 Å². The van der Waals surface area contributed by atoms with Gasteiger partial charge in [-0.3, -0.25) is 0 Å². The van der Waals surface area contributed by atoms with Crippen molar-refractivity contribution in [2.24, 2.45) is 0 Å². The first kappa shape index (κ1) is 14.4. The maximum Gasteiger partial charge on any atom is 0.408 e. The van der Waals surface area contributed by atoms with E-state index in [1.165, 1.54) is 0 Å². The molecule has 0 aliphatic heterocycles. The quantitative estimate of drug-likeness (QED) is 0.843. The van der Waals surface area contributed by atoms with Gasteiger partial charge >= 0.3 is 6.09 Å². The van der Waals surface area contributed by atoms with Crippen LogP contribution in [0, 0.1) is 11.8 Å². The van der Waals surface area contributed by atoms with E-state index in [9.17, 15) is 4.79 Å². The van der Waals surface area contributed by atoms with Crippen molar-refractivity contribution in [2.75, 3.05) is 12.3 Å². The highest BCUT2D eigenvalue weighted by atomic mass is 16.5. The lowest BCUT2D eigenvalue weighted by Crippen LogP contribution is -2.24. The number of nitrogen functional groups attached to an aromatic ring is 1. The van der Waals surface area contributed by atoms with E-state index in [4.69, 9.17) is 10.5 Å². The predicted molar refractivity (Wildman–Crippen MR) is 80.2 cm³/mol. The Kier molecular flexibility index (Phi) is 5.18. The Hall–Kier alpha value is -3.00. The number of nitrogens with two attached hydrogens (primary N) is 1. The summed E-state index contributed by atoms with van der Waals surface area (Å²) in [6, 6.07) is 12.9. The molecule has 0 aliphatic carbocycles. The van der Waals surface area contributed by atoms with Crippen LogP contribution in [-0.2, 0) is 11.3 Å². The van der Waals surface area contributed by atoms with Crippen molar-refractivity contribution in [3.05, 3.63) is 59.8 Å². The van der Waals surface area contributed by atoms with Gasteiger partial charge in [0.05, 0.1) is 6.54 Å². The van der Waals surface area contributed by atoms with Crippen LogP contribution in [0.25, 0.3) is 0 Å². The van der Waals surface area contributed by atoms with Gasteiger partial charge in [0, 0.05) is 11.8 Å². The molecule has 2 aromatic rings. The van der Waals surface area contributed by atoms with Crippen LogP contribution in [0.5, 0.6) is 0 Å². The van der Waals surface area contributed by atoms with Crippen LogP contribution in [0.15, 0.2) is 48.7 Å². The molecule has 1 aromatic carbocycles. The van der Waals surface area contributed by atoms with Gasteiger partial charge in [-0.15, -0.1) is 0 Å². The maximum atomic E-state index is 11.5. The first-order chi connectivity index (χ1) is 10.2. The molecule has 3 N–H and O–H groups in total. The number of hydrogen-bond acceptors (Lipinski definition) is 4. The number of nitrogens with zero attached hydrogens (tertiary/aromatic N) is 1. The normalized spacial score (nSPS) is 9.33. The molecule has 0 saturated carbocycles. The van der Waals surface area contributed by atoms with E-state index < -0.39 is 6.09 Å². The topological polar surface area (TPSA) is 77.2 Å². The zero-order valence-electron chi connectivity index (χ0n) is 11.4. The Labute approximate surface area is 123 Å². The van der Waals surface area contributed by atoms with E-state index in [1.54, 1.807) is 18.3 Å². The van der Waals surface area contributed by atoms with Crippen molar-refractivity contribution in [1.29, 1.82) is 0 Å². The van der Waals surface area contributed by atoms with Crippen molar-refractivity contribution >= 4 is 11.9 Å². The molecule has 0 fully saturated rings. The lowest BCUT2D eigenvalue weighted by Gasteiger charge is -2.04. The Morgan fingerprint density at radius 2 is 2.10 bits per heavy atom. The van der Waals surface area contributed by atoms with Crippen molar-refractivity contribution in [3.8, 4) is 11.8 Å². The molecule has 106 valence electrons. The molecule has 5 heteroatoms. The third-order valence-corrected chi connectivity index (χ3v) is 2.55. The number of alkyl carbamates (subject to hydrolysis) is 1. The minimum atomic E-state index is -0.498. The zero-order valence-corrected chi connectivity index (χ0v) is 11.4. The molecule has 0 saturated heterocycles. The Morgan fingerprint density at radius 1 is 1.29 bits per heavy atom. The maximum absolute atomic E-state index is 11.5. The highest BCUT2D eigenvalue weighted by Crippen LogP contribution is 2.01. The molecule has 1 amide bonds. The molecule has 5 nitrogen and oxygen atoms in total. The van der Waals surface area contributed by atoms with Gasteiger partial charge in [-0.05, 0) is 17.7 Å². The number of pyridine rings is 1. The summed E-state index contributed by atoms with van der Waals surface area (Å²) in [4.78, 5) is 15.3. The van der Waals surface area contributed by atoms with Gasteiger partial charge in [-0.1, -0.05) is 42.2 Å². The molecule has 0 aliphatic rings. The fourth-order valence-electron chi connectivity index (χ4n) is 1.56. The minimum Gasteiger partial charge on any atom is -0.445 e. The summed E-state index contributed by atoms with van der Waals surface area (Å²) >= 11 is 0. The average Bonchev–Trinajstić information content (AvgIpc) is 2.51. The lowest BCUT2D eigenvalue weighted by molar-refractivity contribution is 0.141. The summed E-state index contributed by atoms with van der Waals surface area (Å²) in [7, 11) is 0. The van der Waals surface area contributed by atoms with E-state index in [1.807, 2.05) is 30.3 Å². The first-order valence-electron chi connectivity index (χ1n) is 6.39. The second-order valence-corrected chi connectivity index (χ2v) is 4.19. The van der Waals surface area contributed by atoms with Gasteiger partial charge in [0.25, 0.3) is 0 Å². The van der Waals surface area contributed by atoms with Crippen molar-refractivity contribution in [2.45, 2.75) is 6.61 Å². The van der Waals surface area contributed by atoms with Crippen LogP contribution in [0.4, 0.5) is 10.6 Å². The predicted octanol–water partition coefficient (Wildman–Crippen LogP) is 1.94. The van der Waals surface area contributed by atoms with Crippen LogP contribution >= 0.6 is 0 Å². The monoisotopic (exact) mass is 281 g/mol. The number of anilines is 1. The van der Waals surface area contributed by atoms with Crippen molar-refractivity contribution in [1.82, 2.24) is 10.3 Å². The number of hydrogen-bond donors (Lipinski definition) is 2. The van der Waals surface area contributed by atoms with Crippen LogP contribution in [0.2, 0.25) is 0 Å². The Balaban J connectivity index is 1.72. The fraction of sp³-hybridized carbons (Fsp3) is 0.125. The van der Waals surface area contributed by atoms with Crippen molar-refractivity contribution < 1.29 is 9.53 Å². The smallest absolute Gasteiger partial charge is 0.408 e. The van der Waals surface area contributed by atoms with Gasteiger partial charge < -0.3 is 15.8 Å². The summed E-state index contributed by atoms with van der Waals surface area (Å²) in [6.45, 7) is 0.441. The standard InChI is InChI=1S/C16H15N3O2/c17-15-11-13(8-10-18-15)7-4-9-19-16(20)21-12-14-5-2-1-3-6-14/h1-3,5-6,8,10-11H,9,12H2,(H2,17,18)(H,19,20). The van der Waals surface area contributed by atoms with Gasteiger partial charge in [0.15, 0.2) is 0 Å². The molecule has 0 bridgehead atoms. The number of aromatic nitrogens is 1. The SMILES string of the molecule is Nc1cc(C#CCNC(=O)OCc2ccccc2)ccn1. The van der Waals surface area contributed by atoms with E-state index in [-0.39, 0.29) is 13.2 Å². The second-order valence-electron chi connectivity index (χ2n) is 4.19. The molecule has 1 aromatic heterocycles. The Morgan fingerprint density at radius 3 is 2.86 bits per heavy atom. The van der Waals surface area contributed by atoms with Crippen molar-refractivity contribution in [3.63, 3.8) is 0 Å². The summed E-state index contributed by atoms with van der Waals surface area (Å²) < 4.78 is 5.05. The molecule has 0 atom stereocenters. The van der Waals surface area contributed by atoms with E-state index in [0.717, 1.165) is 11.1 Å². The number of carbonyl (C=O) groups excluding carboxylic acids is 1. The highest BCUT2D eigenvalue weighted by molar-refractivity contribution is 5.67. The van der Waals surface area contributed by atoms with Crippen LogP contribution in [0.3, 0.4) is 0 Å². The van der Waals surface area contributed by atoms with E-state index in [0.29, 0.717) is 5.82 Å². The summed E-state index contributed by atoms with van der Waals surface area (Å²) in [5.74, 6) is 6.10. The lowest BCUT2D eigenvalue weighted by atomic mass is 10.2. The molecule has 0 spiro atoms. The number of amides is 1. The van der Waals surface area contributed by atoms with E-state index >= 15 is 0 Å². The average molecular weight is 281 g/mol. The van der Waals surface area contributed by atoms with Crippen LogP contribution in [0.1, 0.15) is 11.1 Å². The highest BCUT2D eigenvalue weighted by Gasteiger charge is 2.00. The molecule has 0 radical (unpaired) electrons. The number of carbonyl (C=O) groups is 1. The molecular weight excluding hydrogens is 266 g/mol.